The molecule has 172 valence electrons. The highest BCUT2D eigenvalue weighted by Gasteiger charge is 2.51. The number of carboxylic acids is 1. The minimum Gasteiger partial charge on any atom is -0.481 e. The van der Waals surface area contributed by atoms with Gasteiger partial charge in [0.05, 0.1) is 12.5 Å². The van der Waals surface area contributed by atoms with E-state index < -0.39 is 11.8 Å². The van der Waals surface area contributed by atoms with Crippen LogP contribution in [-0.4, -0.2) is 39.9 Å². The van der Waals surface area contributed by atoms with E-state index in [1.165, 1.54) is 12.1 Å². The number of nitrogens with zero attached hydrogens (tertiary/aromatic N) is 2. The summed E-state index contributed by atoms with van der Waals surface area (Å²) in [4.78, 5) is 41.7. The van der Waals surface area contributed by atoms with Gasteiger partial charge in [-0.2, -0.15) is 0 Å². The first kappa shape index (κ1) is 21.6. The number of carbonyl (C=O) groups is 3. The van der Waals surface area contributed by atoms with Crippen molar-refractivity contribution in [3.63, 3.8) is 0 Å². The molecule has 5 rings (SSSR count). The van der Waals surface area contributed by atoms with Crippen LogP contribution in [0.15, 0.2) is 48.5 Å². The van der Waals surface area contributed by atoms with E-state index in [0.717, 1.165) is 43.4 Å². The molecule has 1 N–H and O–H groups in total. The zero-order valence-corrected chi connectivity index (χ0v) is 18.3. The SMILES string of the molecule is O=C(O)CCC(=O)N(C1CC1)C1c2ccccc2N(C(=O)c2cccc(F)c2)C2CCCC21. The number of carbonyl (C=O) groups excluding carboxylic acids is 2. The summed E-state index contributed by atoms with van der Waals surface area (Å²) in [5.74, 6) is -1.72. The van der Waals surface area contributed by atoms with E-state index >= 15 is 0 Å². The van der Waals surface area contributed by atoms with Crippen LogP contribution in [0.5, 0.6) is 0 Å². The van der Waals surface area contributed by atoms with Crippen LogP contribution in [0.25, 0.3) is 0 Å². The molecule has 7 heteroatoms. The van der Waals surface area contributed by atoms with E-state index in [1.54, 1.807) is 12.1 Å². The van der Waals surface area contributed by atoms with Gasteiger partial charge in [-0.25, -0.2) is 4.39 Å². The number of fused-ring (bicyclic) bond motifs is 2. The van der Waals surface area contributed by atoms with Crippen LogP contribution >= 0.6 is 0 Å². The highest BCUT2D eigenvalue weighted by atomic mass is 19.1. The third-order valence-corrected chi connectivity index (χ3v) is 7.15. The maximum absolute atomic E-state index is 13.9. The van der Waals surface area contributed by atoms with E-state index in [4.69, 9.17) is 5.11 Å². The fourth-order valence-electron chi connectivity index (χ4n) is 5.68. The Morgan fingerprint density at radius 2 is 1.79 bits per heavy atom. The van der Waals surface area contributed by atoms with Gasteiger partial charge in [0.1, 0.15) is 5.82 Å². The lowest BCUT2D eigenvalue weighted by Gasteiger charge is -2.48. The number of halogens is 1. The smallest absolute Gasteiger partial charge is 0.303 e. The molecule has 2 fully saturated rings. The first-order chi connectivity index (χ1) is 16.0. The van der Waals surface area contributed by atoms with Gasteiger partial charge in [0.25, 0.3) is 5.91 Å². The molecule has 0 saturated heterocycles. The molecule has 2 saturated carbocycles. The van der Waals surface area contributed by atoms with Crippen molar-refractivity contribution in [2.45, 2.75) is 63.1 Å². The van der Waals surface area contributed by atoms with Crippen molar-refractivity contribution >= 4 is 23.5 Å². The molecule has 33 heavy (non-hydrogen) atoms. The van der Waals surface area contributed by atoms with Gasteiger partial charge in [-0.05, 0) is 55.5 Å². The summed E-state index contributed by atoms with van der Waals surface area (Å²) in [5.41, 5.74) is 1.99. The predicted octanol–water partition coefficient (Wildman–Crippen LogP) is 4.55. The number of benzene rings is 2. The maximum atomic E-state index is 13.9. The van der Waals surface area contributed by atoms with Crippen molar-refractivity contribution in [3.05, 3.63) is 65.5 Å². The van der Waals surface area contributed by atoms with Gasteiger partial charge < -0.3 is 14.9 Å². The number of hydrogen-bond donors (Lipinski definition) is 1. The number of hydrogen-bond acceptors (Lipinski definition) is 3. The summed E-state index contributed by atoms with van der Waals surface area (Å²) in [6.07, 6.45) is 4.27. The fourth-order valence-corrected chi connectivity index (χ4v) is 5.68. The largest absolute Gasteiger partial charge is 0.481 e. The summed E-state index contributed by atoms with van der Waals surface area (Å²) >= 11 is 0. The molecular weight excluding hydrogens is 423 g/mol. The lowest BCUT2D eigenvalue weighted by atomic mass is 9.81. The van der Waals surface area contributed by atoms with Crippen LogP contribution in [0.2, 0.25) is 0 Å². The molecule has 2 aromatic rings. The summed E-state index contributed by atoms with van der Waals surface area (Å²) in [6.45, 7) is 0. The van der Waals surface area contributed by atoms with Gasteiger partial charge in [0.15, 0.2) is 0 Å². The molecule has 1 aliphatic heterocycles. The average Bonchev–Trinajstić information content (AvgIpc) is 3.52. The van der Waals surface area contributed by atoms with Gasteiger partial charge in [0, 0.05) is 35.7 Å². The van der Waals surface area contributed by atoms with E-state index in [2.05, 4.69) is 0 Å². The number of anilines is 1. The molecule has 3 aliphatic rings. The van der Waals surface area contributed by atoms with Crippen molar-refractivity contribution < 1.29 is 23.9 Å². The van der Waals surface area contributed by atoms with E-state index in [-0.39, 0.29) is 48.7 Å². The van der Waals surface area contributed by atoms with Crippen molar-refractivity contribution in [1.82, 2.24) is 4.90 Å². The number of para-hydroxylation sites is 1. The Kier molecular flexibility index (Phi) is 5.64. The second kappa shape index (κ2) is 8.61. The topological polar surface area (TPSA) is 77.9 Å². The molecule has 0 spiro atoms. The molecule has 0 aromatic heterocycles. The van der Waals surface area contributed by atoms with Gasteiger partial charge in [-0.1, -0.05) is 30.7 Å². The molecule has 0 bridgehead atoms. The van der Waals surface area contributed by atoms with E-state index in [0.29, 0.717) is 5.56 Å². The Bertz CT molecular complexity index is 1100. The zero-order valence-electron chi connectivity index (χ0n) is 18.3. The van der Waals surface area contributed by atoms with Crippen LogP contribution < -0.4 is 4.90 Å². The van der Waals surface area contributed by atoms with Crippen molar-refractivity contribution in [3.8, 4) is 0 Å². The lowest BCUT2D eigenvalue weighted by Crippen LogP contribution is -2.53. The molecule has 3 atom stereocenters. The van der Waals surface area contributed by atoms with Gasteiger partial charge in [-0.15, -0.1) is 0 Å². The summed E-state index contributed by atoms with van der Waals surface area (Å²) < 4.78 is 13.9. The Morgan fingerprint density at radius 1 is 1.00 bits per heavy atom. The Labute approximate surface area is 192 Å². The Balaban J connectivity index is 1.56. The van der Waals surface area contributed by atoms with Crippen molar-refractivity contribution in [2.24, 2.45) is 5.92 Å². The third kappa shape index (κ3) is 4.01. The first-order valence-electron chi connectivity index (χ1n) is 11.7. The zero-order chi connectivity index (χ0) is 23.1. The first-order valence-corrected chi connectivity index (χ1v) is 11.7. The highest BCUT2D eigenvalue weighted by molar-refractivity contribution is 6.07. The van der Waals surface area contributed by atoms with Crippen LogP contribution in [0.3, 0.4) is 0 Å². The van der Waals surface area contributed by atoms with E-state index in [1.807, 2.05) is 34.1 Å². The monoisotopic (exact) mass is 450 g/mol. The molecule has 6 nitrogen and oxygen atoms in total. The molecule has 2 aliphatic carbocycles. The second-order valence-electron chi connectivity index (χ2n) is 9.28. The summed E-state index contributed by atoms with van der Waals surface area (Å²) in [6, 6.07) is 13.3. The van der Waals surface area contributed by atoms with E-state index in [9.17, 15) is 18.8 Å². The van der Waals surface area contributed by atoms with Crippen LogP contribution in [0.4, 0.5) is 10.1 Å². The lowest BCUT2D eigenvalue weighted by molar-refractivity contribution is -0.142. The molecular formula is C26H27FN2O4. The highest BCUT2D eigenvalue weighted by Crippen LogP contribution is 2.52. The number of carboxylic acid groups (broad SMARTS) is 1. The Hall–Kier alpha value is -3.22. The predicted molar refractivity (Wildman–Crippen MR) is 120 cm³/mol. The maximum Gasteiger partial charge on any atom is 0.303 e. The molecule has 2 amide bonds. The van der Waals surface area contributed by atoms with Gasteiger partial charge in [0.2, 0.25) is 5.91 Å². The summed E-state index contributed by atoms with van der Waals surface area (Å²) in [7, 11) is 0. The minimum atomic E-state index is -0.978. The minimum absolute atomic E-state index is 0.0200. The van der Waals surface area contributed by atoms with Crippen LogP contribution in [0.1, 0.15) is 66.9 Å². The van der Waals surface area contributed by atoms with Gasteiger partial charge >= 0.3 is 5.97 Å². The van der Waals surface area contributed by atoms with Crippen molar-refractivity contribution in [2.75, 3.05) is 4.90 Å². The number of aliphatic carboxylic acids is 1. The van der Waals surface area contributed by atoms with Gasteiger partial charge in [-0.3, -0.25) is 14.4 Å². The molecule has 1 heterocycles. The molecule has 0 radical (unpaired) electrons. The number of rotatable bonds is 6. The standard InChI is InChI=1S/C26H27FN2O4/c27-17-6-3-5-16(15-17)26(33)29-21-9-2-1-7-19(21)25(20-8-4-10-22(20)29)28(18-11-12-18)23(30)13-14-24(31)32/h1-3,5-7,9,15,18,20,22,25H,4,8,10-14H2,(H,31,32). The van der Waals surface area contributed by atoms with Crippen molar-refractivity contribution in [1.29, 1.82) is 0 Å². The quantitative estimate of drug-likeness (QED) is 0.700. The van der Waals surface area contributed by atoms with Crippen LogP contribution in [0, 0.1) is 11.7 Å². The van der Waals surface area contributed by atoms with Crippen LogP contribution in [-0.2, 0) is 9.59 Å². The second-order valence-corrected chi connectivity index (χ2v) is 9.28. The Morgan fingerprint density at radius 3 is 2.52 bits per heavy atom. The fraction of sp³-hybridized carbons (Fsp3) is 0.423. The number of amides is 2. The summed E-state index contributed by atoms with van der Waals surface area (Å²) in [5, 5.41) is 9.10. The normalized spacial score (nSPS) is 23.5. The molecule has 2 aromatic carbocycles. The third-order valence-electron chi connectivity index (χ3n) is 7.15. The average molecular weight is 451 g/mol. The molecule has 3 unspecified atom stereocenters.